The molecule has 0 aromatic carbocycles. The molecular weight excluding hydrogens is 194 g/mol. The zero-order valence-electron chi connectivity index (χ0n) is 7.79. The van der Waals surface area contributed by atoms with Gasteiger partial charge in [0.1, 0.15) is 0 Å². The van der Waals surface area contributed by atoms with Crippen LogP contribution in [0.15, 0.2) is 30.7 Å². The van der Waals surface area contributed by atoms with E-state index in [1.54, 1.807) is 24.5 Å². The molecule has 2 aromatic heterocycles. The van der Waals surface area contributed by atoms with Crippen molar-refractivity contribution in [1.82, 2.24) is 14.8 Å². The molecule has 0 saturated heterocycles. The van der Waals surface area contributed by atoms with Crippen LogP contribution < -0.4 is 11.5 Å². The Hall–Kier alpha value is -2.37. The number of nitrogens with two attached hydrogens (primary N) is 2. The summed E-state index contributed by atoms with van der Waals surface area (Å²) in [6.07, 6.45) is 4.78. The van der Waals surface area contributed by atoms with Gasteiger partial charge in [-0.25, -0.2) is 4.68 Å². The molecule has 2 heterocycles. The molecule has 0 saturated carbocycles. The number of nitrogens with zero attached hydrogens (tertiary/aromatic N) is 3. The normalized spacial score (nSPS) is 10.1. The molecule has 0 unspecified atom stereocenters. The summed E-state index contributed by atoms with van der Waals surface area (Å²) in [6.45, 7) is 0. The van der Waals surface area contributed by atoms with Crippen molar-refractivity contribution in [2.24, 2.45) is 5.73 Å². The van der Waals surface area contributed by atoms with E-state index in [-0.39, 0.29) is 11.4 Å². The zero-order chi connectivity index (χ0) is 10.8. The molecule has 76 valence electrons. The summed E-state index contributed by atoms with van der Waals surface area (Å²) in [4.78, 5) is 14.8. The maximum Gasteiger partial charge on any atom is 0.271 e. The van der Waals surface area contributed by atoms with Gasteiger partial charge in [0, 0.05) is 6.20 Å². The quantitative estimate of drug-likeness (QED) is 0.714. The predicted molar refractivity (Wildman–Crippen MR) is 54.3 cm³/mol. The maximum atomic E-state index is 10.9. The molecule has 1 amide bonds. The van der Waals surface area contributed by atoms with Crippen LogP contribution in [-0.4, -0.2) is 20.7 Å². The van der Waals surface area contributed by atoms with Gasteiger partial charge >= 0.3 is 0 Å². The summed E-state index contributed by atoms with van der Waals surface area (Å²) in [5.74, 6) is -0.643. The number of carbonyl (C=O) groups is 1. The lowest BCUT2D eigenvalue weighted by molar-refractivity contribution is 0.0996. The van der Waals surface area contributed by atoms with Gasteiger partial charge in [0.25, 0.3) is 5.91 Å². The molecule has 15 heavy (non-hydrogen) atoms. The van der Waals surface area contributed by atoms with Crippen molar-refractivity contribution < 1.29 is 4.79 Å². The Morgan fingerprint density at radius 1 is 1.47 bits per heavy atom. The Bertz CT molecular complexity index is 490. The van der Waals surface area contributed by atoms with E-state index in [2.05, 4.69) is 10.1 Å². The third-order valence-electron chi connectivity index (χ3n) is 1.89. The zero-order valence-corrected chi connectivity index (χ0v) is 7.79. The smallest absolute Gasteiger partial charge is 0.271 e. The number of anilines is 1. The molecule has 0 spiro atoms. The topological polar surface area (TPSA) is 99.8 Å². The van der Waals surface area contributed by atoms with Crippen LogP contribution in [0.1, 0.15) is 10.5 Å². The van der Waals surface area contributed by atoms with E-state index in [0.29, 0.717) is 0 Å². The summed E-state index contributed by atoms with van der Waals surface area (Å²) in [6, 6.07) is 3.56. The van der Waals surface area contributed by atoms with Gasteiger partial charge in [-0.05, 0) is 12.1 Å². The van der Waals surface area contributed by atoms with Gasteiger partial charge in [-0.2, -0.15) is 5.10 Å². The first-order valence-corrected chi connectivity index (χ1v) is 4.24. The molecule has 0 aliphatic rings. The van der Waals surface area contributed by atoms with Gasteiger partial charge in [0.2, 0.25) is 0 Å². The van der Waals surface area contributed by atoms with Crippen LogP contribution in [0.3, 0.4) is 0 Å². The van der Waals surface area contributed by atoms with Crippen molar-refractivity contribution in [2.45, 2.75) is 0 Å². The number of aromatic nitrogens is 3. The van der Waals surface area contributed by atoms with Gasteiger partial charge in [0.05, 0.1) is 23.8 Å². The minimum atomic E-state index is -0.643. The molecule has 6 nitrogen and oxygen atoms in total. The average molecular weight is 203 g/mol. The summed E-state index contributed by atoms with van der Waals surface area (Å²) < 4.78 is 1.46. The fraction of sp³-hybridized carbons (Fsp3) is 0. The number of carbonyl (C=O) groups excluding carboxylic acids is 1. The van der Waals surface area contributed by atoms with Crippen LogP contribution in [0, 0.1) is 0 Å². The van der Waals surface area contributed by atoms with Gasteiger partial charge in [-0.1, -0.05) is 0 Å². The van der Waals surface area contributed by atoms with E-state index < -0.39 is 5.91 Å². The van der Waals surface area contributed by atoms with E-state index in [1.165, 1.54) is 10.9 Å². The number of pyridine rings is 1. The van der Waals surface area contributed by atoms with Gasteiger partial charge < -0.3 is 11.5 Å². The summed E-state index contributed by atoms with van der Waals surface area (Å²) in [7, 11) is 0. The Morgan fingerprint density at radius 2 is 2.27 bits per heavy atom. The summed E-state index contributed by atoms with van der Waals surface area (Å²) >= 11 is 0. The van der Waals surface area contributed by atoms with Crippen LogP contribution in [0.25, 0.3) is 5.69 Å². The molecule has 0 radical (unpaired) electrons. The molecule has 6 heteroatoms. The number of hydrogen-bond donors (Lipinski definition) is 2. The highest BCUT2D eigenvalue weighted by Crippen LogP contribution is 2.12. The monoisotopic (exact) mass is 203 g/mol. The lowest BCUT2D eigenvalue weighted by Crippen LogP contribution is -2.14. The van der Waals surface area contributed by atoms with Crippen LogP contribution in [0.4, 0.5) is 5.69 Å². The lowest BCUT2D eigenvalue weighted by atomic mass is 10.4. The number of amides is 1. The van der Waals surface area contributed by atoms with Crippen molar-refractivity contribution in [3.05, 3.63) is 36.4 Å². The largest absolute Gasteiger partial charge is 0.396 e. The number of rotatable bonds is 2. The highest BCUT2D eigenvalue weighted by molar-refractivity contribution is 5.95. The lowest BCUT2D eigenvalue weighted by Gasteiger charge is -1.97. The standard InChI is InChI=1S/C9H9N5O/c10-7-5-14(13-8(7)9(11)15)6-2-1-3-12-4-6/h1-5H,10H2,(H2,11,15). The van der Waals surface area contributed by atoms with E-state index in [9.17, 15) is 4.79 Å². The summed E-state index contributed by atoms with van der Waals surface area (Å²) in [5.41, 5.74) is 11.7. The van der Waals surface area contributed by atoms with Crippen LogP contribution in [-0.2, 0) is 0 Å². The predicted octanol–water partition coefficient (Wildman–Crippen LogP) is -0.0516. The second kappa shape index (κ2) is 3.41. The molecular formula is C9H9N5O. The van der Waals surface area contributed by atoms with Crippen molar-refractivity contribution >= 4 is 11.6 Å². The van der Waals surface area contributed by atoms with E-state index in [1.807, 2.05) is 0 Å². The second-order valence-corrected chi connectivity index (χ2v) is 2.95. The molecule has 4 N–H and O–H groups in total. The Balaban J connectivity index is 2.48. The molecule has 2 rings (SSSR count). The first-order valence-electron chi connectivity index (χ1n) is 4.24. The third kappa shape index (κ3) is 1.64. The van der Waals surface area contributed by atoms with Gasteiger partial charge in [-0.3, -0.25) is 9.78 Å². The first-order chi connectivity index (χ1) is 7.18. The van der Waals surface area contributed by atoms with Crippen molar-refractivity contribution in [3.8, 4) is 5.69 Å². The van der Waals surface area contributed by atoms with Crippen LogP contribution >= 0.6 is 0 Å². The Morgan fingerprint density at radius 3 is 2.80 bits per heavy atom. The highest BCUT2D eigenvalue weighted by Gasteiger charge is 2.11. The van der Waals surface area contributed by atoms with E-state index in [0.717, 1.165) is 5.69 Å². The van der Waals surface area contributed by atoms with Crippen molar-refractivity contribution in [2.75, 3.05) is 5.73 Å². The number of primary amides is 1. The fourth-order valence-electron chi connectivity index (χ4n) is 1.20. The fourth-order valence-corrected chi connectivity index (χ4v) is 1.20. The number of hydrogen-bond acceptors (Lipinski definition) is 4. The van der Waals surface area contributed by atoms with Crippen molar-refractivity contribution in [1.29, 1.82) is 0 Å². The minimum Gasteiger partial charge on any atom is -0.396 e. The third-order valence-corrected chi connectivity index (χ3v) is 1.89. The van der Waals surface area contributed by atoms with Gasteiger partial charge in [-0.15, -0.1) is 0 Å². The van der Waals surface area contributed by atoms with Gasteiger partial charge in [0.15, 0.2) is 5.69 Å². The second-order valence-electron chi connectivity index (χ2n) is 2.95. The molecule has 0 atom stereocenters. The van der Waals surface area contributed by atoms with E-state index in [4.69, 9.17) is 11.5 Å². The number of nitrogen functional groups attached to an aromatic ring is 1. The summed E-state index contributed by atoms with van der Waals surface area (Å²) in [5, 5.41) is 3.96. The van der Waals surface area contributed by atoms with Crippen molar-refractivity contribution in [3.63, 3.8) is 0 Å². The highest BCUT2D eigenvalue weighted by atomic mass is 16.1. The maximum absolute atomic E-state index is 10.9. The molecule has 0 aliphatic carbocycles. The van der Waals surface area contributed by atoms with Crippen LogP contribution in [0.2, 0.25) is 0 Å². The average Bonchev–Trinajstić information content (AvgIpc) is 2.62. The Labute approximate surface area is 85.5 Å². The molecule has 2 aromatic rings. The minimum absolute atomic E-state index is 0.0684. The SMILES string of the molecule is NC(=O)c1nn(-c2cccnc2)cc1N. The van der Waals surface area contributed by atoms with E-state index >= 15 is 0 Å². The molecule has 0 aliphatic heterocycles. The first kappa shape index (κ1) is 9.20. The Kier molecular flexibility index (Phi) is 2.09. The van der Waals surface area contributed by atoms with Crippen LogP contribution in [0.5, 0.6) is 0 Å². The molecule has 0 bridgehead atoms. The molecule has 0 fully saturated rings.